The van der Waals surface area contributed by atoms with Gasteiger partial charge in [-0.15, -0.1) is 0 Å². The molecule has 2 saturated heterocycles. The lowest BCUT2D eigenvalue weighted by molar-refractivity contribution is -0.134. The van der Waals surface area contributed by atoms with E-state index in [0.717, 1.165) is 11.3 Å². The highest BCUT2D eigenvalue weighted by Crippen LogP contribution is 2.23. The zero-order valence-electron chi connectivity index (χ0n) is 15.5. The predicted octanol–water partition coefficient (Wildman–Crippen LogP) is 1.67. The van der Waals surface area contributed by atoms with Crippen molar-refractivity contribution in [3.63, 3.8) is 0 Å². The number of amides is 2. The fourth-order valence-corrected chi connectivity index (χ4v) is 3.53. The summed E-state index contributed by atoms with van der Waals surface area (Å²) in [5, 5.41) is 0. The van der Waals surface area contributed by atoms with E-state index in [0.29, 0.717) is 32.6 Å². The van der Waals surface area contributed by atoms with E-state index in [1.807, 2.05) is 42.5 Å². The summed E-state index contributed by atoms with van der Waals surface area (Å²) in [4.78, 5) is 28.5. The molecule has 1 aromatic heterocycles. The topological polar surface area (TPSA) is 87.0 Å². The van der Waals surface area contributed by atoms with Crippen molar-refractivity contribution in [3.05, 3.63) is 60.1 Å². The average molecular weight is 384 g/mol. The lowest BCUT2D eigenvalue weighted by atomic mass is 10.1. The second kappa shape index (κ2) is 8.45. The number of carbonyl (C=O) groups excluding carboxylic acids is 2. The first-order valence-corrected chi connectivity index (χ1v) is 9.49. The van der Waals surface area contributed by atoms with E-state index >= 15 is 0 Å². The van der Waals surface area contributed by atoms with Crippen molar-refractivity contribution < 1.29 is 18.7 Å². The Morgan fingerprint density at radius 1 is 1.00 bits per heavy atom. The Morgan fingerprint density at radius 3 is 2.46 bits per heavy atom. The van der Waals surface area contributed by atoms with Crippen LogP contribution in [0.5, 0.6) is 0 Å². The van der Waals surface area contributed by atoms with Gasteiger partial charge in [0.15, 0.2) is 0 Å². The van der Waals surface area contributed by atoms with Gasteiger partial charge in [-0.2, -0.15) is 0 Å². The largest absolute Gasteiger partial charge is 0.468 e. The third-order valence-electron chi connectivity index (χ3n) is 5.14. The Hall–Kier alpha value is -2.84. The van der Waals surface area contributed by atoms with E-state index in [4.69, 9.17) is 9.15 Å². The molecule has 8 heteroatoms. The van der Waals surface area contributed by atoms with Gasteiger partial charge < -0.3 is 19.0 Å². The number of hydrogen-bond donors (Lipinski definition) is 2. The van der Waals surface area contributed by atoms with Gasteiger partial charge in [-0.05, 0) is 24.1 Å². The first-order chi connectivity index (χ1) is 13.7. The molecule has 0 saturated carbocycles. The van der Waals surface area contributed by atoms with Gasteiger partial charge in [-0.1, -0.05) is 30.3 Å². The highest BCUT2D eigenvalue weighted by molar-refractivity contribution is 5.82. The molecule has 2 N–H and O–H groups in total. The van der Waals surface area contributed by atoms with Crippen molar-refractivity contribution in [1.82, 2.24) is 20.7 Å². The molecular formula is C20H24N4O4. The maximum Gasteiger partial charge on any atom is 0.410 e. The lowest BCUT2D eigenvalue weighted by Crippen LogP contribution is -2.54. The van der Waals surface area contributed by atoms with Gasteiger partial charge in [-0.3, -0.25) is 4.79 Å². The summed E-state index contributed by atoms with van der Waals surface area (Å²) < 4.78 is 10.8. The summed E-state index contributed by atoms with van der Waals surface area (Å²) in [5.41, 5.74) is 7.12. The average Bonchev–Trinajstić information content (AvgIpc) is 3.44. The second-order valence-corrected chi connectivity index (χ2v) is 7.00. The minimum absolute atomic E-state index is 0.0156. The third kappa shape index (κ3) is 4.18. The number of hydrazine groups is 1. The van der Waals surface area contributed by atoms with Crippen LogP contribution in [0.3, 0.4) is 0 Å². The summed E-state index contributed by atoms with van der Waals surface area (Å²) >= 11 is 0. The zero-order valence-corrected chi connectivity index (χ0v) is 15.5. The van der Waals surface area contributed by atoms with Crippen LogP contribution >= 0.6 is 0 Å². The third-order valence-corrected chi connectivity index (χ3v) is 5.14. The summed E-state index contributed by atoms with van der Waals surface area (Å²) in [6, 6.07) is 13.0. The number of rotatable bonds is 4. The number of nitrogens with zero attached hydrogens (tertiary/aromatic N) is 2. The Balaban J connectivity index is 1.22. The van der Waals surface area contributed by atoms with E-state index in [-0.39, 0.29) is 30.7 Å². The fraction of sp³-hybridized carbons (Fsp3) is 0.400. The van der Waals surface area contributed by atoms with Crippen LogP contribution in [0.1, 0.15) is 23.8 Å². The molecule has 2 atom stereocenters. The Bertz CT molecular complexity index is 788. The standard InChI is InChI=1S/C20H24N4O4/c25-19(17-13-16(21-22-17)18-7-4-12-27-18)23-8-10-24(11-9-23)20(26)28-14-15-5-2-1-3-6-15/h1-7,12,16-17,21-22H,8-11,13-14H2. The van der Waals surface area contributed by atoms with Crippen molar-refractivity contribution in [2.24, 2.45) is 0 Å². The lowest BCUT2D eigenvalue weighted by Gasteiger charge is -2.35. The number of benzene rings is 1. The smallest absolute Gasteiger partial charge is 0.410 e. The molecule has 3 heterocycles. The monoisotopic (exact) mass is 384 g/mol. The molecule has 4 rings (SSSR count). The van der Waals surface area contributed by atoms with Crippen LogP contribution < -0.4 is 10.9 Å². The minimum Gasteiger partial charge on any atom is -0.468 e. The van der Waals surface area contributed by atoms with Crippen molar-refractivity contribution >= 4 is 12.0 Å². The highest BCUT2D eigenvalue weighted by Gasteiger charge is 2.35. The Kier molecular flexibility index (Phi) is 5.59. The number of hydrogen-bond acceptors (Lipinski definition) is 6. The maximum absolute atomic E-state index is 12.8. The number of nitrogens with one attached hydrogen (secondary N) is 2. The van der Waals surface area contributed by atoms with Gasteiger partial charge in [0.1, 0.15) is 18.4 Å². The molecule has 2 amide bonds. The molecule has 148 valence electrons. The molecule has 2 unspecified atom stereocenters. The number of furan rings is 1. The van der Waals surface area contributed by atoms with Crippen LogP contribution in [0.2, 0.25) is 0 Å². The number of ether oxygens (including phenoxy) is 1. The van der Waals surface area contributed by atoms with Gasteiger partial charge in [0.25, 0.3) is 0 Å². The zero-order chi connectivity index (χ0) is 19.3. The summed E-state index contributed by atoms with van der Waals surface area (Å²) in [5.74, 6) is 0.854. The summed E-state index contributed by atoms with van der Waals surface area (Å²) in [6.07, 6.45) is 1.92. The molecule has 28 heavy (non-hydrogen) atoms. The predicted molar refractivity (Wildman–Crippen MR) is 101 cm³/mol. The molecule has 0 bridgehead atoms. The van der Waals surface area contributed by atoms with E-state index in [1.165, 1.54) is 0 Å². The van der Waals surface area contributed by atoms with E-state index in [2.05, 4.69) is 10.9 Å². The maximum atomic E-state index is 12.8. The number of piperazine rings is 1. The highest BCUT2D eigenvalue weighted by atomic mass is 16.6. The van der Waals surface area contributed by atoms with Gasteiger partial charge in [0.2, 0.25) is 5.91 Å². The quantitative estimate of drug-likeness (QED) is 0.834. The Labute approximate surface area is 163 Å². The molecule has 2 aromatic rings. The van der Waals surface area contributed by atoms with E-state index in [9.17, 15) is 9.59 Å². The second-order valence-electron chi connectivity index (χ2n) is 7.00. The van der Waals surface area contributed by atoms with Gasteiger partial charge in [-0.25, -0.2) is 15.6 Å². The van der Waals surface area contributed by atoms with Crippen LogP contribution in [0.4, 0.5) is 4.79 Å². The molecule has 2 aliphatic heterocycles. The molecule has 0 aliphatic carbocycles. The molecule has 8 nitrogen and oxygen atoms in total. The molecule has 0 radical (unpaired) electrons. The summed E-state index contributed by atoms with van der Waals surface area (Å²) in [7, 11) is 0. The minimum atomic E-state index is -0.338. The van der Waals surface area contributed by atoms with Crippen molar-refractivity contribution in [2.75, 3.05) is 26.2 Å². The van der Waals surface area contributed by atoms with Crippen LogP contribution in [-0.2, 0) is 16.1 Å². The first kappa shape index (κ1) is 18.5. The summed E-state index contributed by atoms with van der Waals surface area (Å²) in [6.45, 7) is 2.21. The van der Waals surface area contributed by atoms with Gasteiger partial charge >= 0.3 is 6.09 Å². The van der Waals surface area contributed by atoms with Crippen LogP contribution in [0.15, 0.2) is 53.1 Å². The molecule has 0 spiro atoms. The first-order valence-electron chi connectivity index (χ1n) is 9.49. The van der Waals surface area contributed by atoms with Crippen molar-refractivity contribution in [3.8, 4) is 0 Å². The van der Waals surface area contributed by atoms with E-state index in [1.54, 1.807) is 16.1 Å². The van der Waals surface area contributed by atoms with Crippen LogP contribution in [0.25, 0.3) is 0 Å². The molecule has 2 aliphatic rings. The number of carbonyl (C=O) groups is 2. The van der Waals surface area contributed by atoms with E-state index < -0.39 is 0 Å². The molecule has 1 aromatic carbocycles. The van der Waals surface area contributed by atoms with Crippen molar-refractivity contribution in [1.29, 1.82) is 0 Å². The molecule has 2 fully saturated rings. The van der Waals surface area contributed by atoms with Crippen LogP contribution in [0, 0.1) is 0 Å². The fourth-order valence-electron chi connectivity index (χ4n) is 3.53. The SMILES string of the molecule is O=C(OCc1ccccc1)N1CCN(C(=O)C2CC(c3ccco3)NN2)CC1. The van der Waals surface area contributed by atoms with Gasteiger partial charge in [0.05, 0.1) is 12.3 Å². The normalized spacial score (nSPS) is 22.3. The molecular weight excluding hydrogens is 360 g/mol. The van der Waals surface area contributed by atoms with Crippen molar-refractivity contribution in [2.45, 2.75) is 25.1 Å². The van der Waals surface area contributed by atoms with Crippen LogP contribution in [-0.4, -0.2) is 54.0 Å². The Morgan fingerprint density at radius 2 is 1.75 bits per heavy atom. The van der Waals surface area contributed by atoms with Gasteiger partial charge in [0, 0.05) is 26.2 Å².